The molecule has 0 aliphatic heterocycles. The fraction of sp³-hybridized carbons (Fsp3) is 0.625. The molecule has 3 amide bonds. The summed E-state index contributed by atoms with van der Waals surface area (Å²) in [4.78, 5) is 62.5. The van der Waals surface area contributed by atoms with Crippen LogP contribution in [0.1, 0.15) is 26.2 Å². The van der Waals surface area contributed by atoms with Crippen LogP contribution in [0.2, 0.25) is 0 Å². The van der Waals surface area contributed by atoms with Crippen LogP contribution in [0.3, 0.4) is 0 Å². The number of nitrogens with two attached hydrogens (primary N) is 3. The lowest BCUT2D eigenvalue weighted by molar-refractivity contribution is -0.143. The Morgan fingerprint density at radius 2 is 1.48 bits per heavy atom. The highest BCUT2D eigenvalue weighted by Gasteiger charge is 2.30. The molecule has 0 saturated heterocycles. The van der Waals surface area contributed by atoms with Crippen LogP contribution in [0, 0.1) is 0 Å². The summed E-state index contributed by atoms with van der Waals surface area (Å²) in [6.45, 7) is 0.581. The molecular weight excluding hydrogens is 418 g/mol. The van der Waals surface area contributed by atoms with E-state index in [9.17, 15) is 24.0 Å². The smallest absolute Gasteiger partial charge is 0.325 e. The van der Waals surface area contributed by atoms with Crippen LogP contribution in [-0.4, -0.2) is 88.3 Å². The van der Waals surface area contributed by atoms with Gasteiger partial charge < -0.3 is 48.5 Å². The Balaban J connectivity index is 5.39. The number of aliphatic hydroxyl groups is 1. The molecule has 31 heavy (non-hydrogen) atoms. The zero-order valence-electron chi connectivity index (χ0n) is 16.9. The van der Waals surface area contributed by atoms with E-state index in [4.69, 9.17) is 32.5 Å². The van der Waals surface area contributed by atoms with E-state index in [0.717, 1.165) is 6.92 Å². The molecule has 4 unspecified atom stereocenters. The number of nitrogens with zero attached hydrogens (tertiary/aromatic N) is 1. The number of guanidine groups is 1. The summed E-state index contributed by atoms with van der Waals surface area (Å²) in [5, 5.41) is 33.4. The number of nitrogens with one attached hydrogen (secondary N) is 3. The van der Waals surface area contributed by atoms with Crippen molar-refractivity contribution >= 4 is 35.6 Å². The van der Waals surface area contributed by atoms with Crippen LogP contribution in [0.4, 0.5) is 0 Å². The normalized spacial score (nSPS) is 14.3. The first-order chi connectivity index (χ1) is 14.4. The third-order valence-corrected chi connectivity index (χ3v) is 3.85. The van der Waals surface area contributed by atoms with E-state index >= 15 is 0 Å². The number of amides is 3. The van der Waals surface area contributed by atoms with Crippen molar-refractivity contribution in [2.24, 2.45) is 22.2 Å². The highest BCUT2D eigenvalue weighted by molar-refractivity contribution is 5.95. The molecule has 0 fully saturated rings. The van der Waals surface area contributed by atoms with E-state index in [-0.39, 0.29) is 25.3 Å². The number of carboxylic acids is 2. The zero-order chi connectivity index (χ0) is 24.1. The van der Waals surface area contributed by atoms with Crippen molar-refractivity contribution in [1.82, 2.24) is 16.0 Å². The van der Waals surface area contributed by atoms with Gasteiger partial charge in [-0.2, -0.15) is 0 Å². The van der Waals surface area contributed by atoms with Crippen molar-refractivity contribution < 1.29 is 39.3 Å². The highest BCUT2D eigenvalue weighted by atomic mass is 16.4. The molecule has 0 aliphatic rings. The Bertz CT molecular complexity index is 695. The van der Waals surface area contributed by atoms with E-state index in [0.29, 0.717) is 0 Å². The fourth-order valence-corrected chi connectivity index (χ4v) is 2.17. The Labute approximate surface area is 177 Å². The SMILES string of the molecule is CC(NC(=O)C(CC(=O)O)NC(=O)C(CCCN=C(N)N)NC(=O)C(N)CO)C(=O)O. The van der Waals surface area contributed by atoms with Crippen molar-refractivity contribution in [3.05, 3.63) is 0 Å². The van der Waals surface area contributed by atoms with Gasteiger partial charge in [0.25, 0.3) is 0 Å². The number of aliphatic carboxylic acids is 2. The van der Waals surface area contributed by atoms with E-state index in [1.165, 1.54) is 0 Å². The lowest BCUT2D eigenvalue weighted by atomic mass is 10.1. The molecule has 15 nitrogen and oxygen atoms in total. The molecule has 4 atom stereocenters. The number of rotatable bonds is 14. The van der Waals surface area contributed by atoms with Crippen LogP contribution < -0.4 is 33.2 Å². The molecule has 0 aliphatic carbocycles. The maximum Gasteiger partial charge on any atom is 0.325 e. The topological polar surface area (TPSA) is 273 Å². The molecule has 176 valence electrons. The monoisotopic (exact) mass is 447 g/mol. The van der Waals surface area contributed by atoms with E-state index < -0.39 is 66.9 Å². The maximum atomic E-state index is 12.6. The van der Waals surface area contributed by atoms with E-state index in [1.807, 2.05) is 0 Å². The van der Waals surface area contributed by atoms with Gasteiger partial charge in [-0.1, -0.05) is 0 Å². The summed E-state index contributed by atoms with van der Waals surface area (Å²) < 4.78 is 0. The molecule has 0 radical (unpaired) electrons. The third-order valence-electron chi connectivity index (χ3n) is 3.85. The number of carbonyl (C=O) groups is 5. The standard InChI is InChI=1S/C16H29N7O8/c1-7(15(30)31)21-14(29)10(5-11(25)26)23-13(28)9(3-2-4-20-16(18)19)22-12(27)8(17)6-24/h7-10,24H,2-6,17H2,1H3,(H,21,29)(H,22,27)(H,23,28)(H,25,26)(H,30,31)(H4,18,19,20). The molecule has 0 aromatic rings. The zero-order valence-corrected chi connectivity index (χ0v) is 16.9. The lowest BCUT2D eigenvalue weighted by Gasteiger charge is -2.23. The maximum absolute atomic E-state index is 12.6. The van der Waals surface area contributed by atoms with Crippen LogP contribution in [0.5, 0.6) is 0 Å². The van der Waals surface area contributed by atoms with Crippen molar-refractivity contribution in [1.29, 1.82) is 0 Å². The number of carbonyl (C=O) groups excluding carboxylic acids is 3. The van der Waals surface area contributed by atoms with Crippen LogP contribution in [0.25, 0.3) is 0 Å². The quantitative estimate of drug-likeness (QED) is 0.0693. The molecule has 0 aromatic heterocycles. The van der Waals surface area contributed by atoms with Gasteiger partial charge >= 0.3 is 11.9 Å². The number of aliphatic hydroxyl groups excluding tert-OH is 1. The predicted octanol–water partition coefficient (Wildman–Crippen LogP) is -4.61. The van der Waals surface area contributed by atoms with Crippen molar-refractivity contribution in [2.45, 2.75) is 50.4 Å². The van der Waals surface area contributed by atoms with E-state index in [2.05, 4.69) is 20.9 Å². The Hall–Kier alpha value is -3.46. The minimum Gasteiger partial charge on any atom is -0.481 e. The molecule has 0 heterocycles. The van der Waals surface area contributed by atoms with Crippen LogP contribution in [0.15, 0.2) is 4.99 Å². The second-order valence-corrected chi connectivity index (χ2v) is 6.53. The number of carboxylic acid groups (broad SMARTS) is 2. The fourth-order valence-electron chi connectivity index (χ4n) is 2.17. The summed E-state index contributed by atoms with van der Waals surface area (Å²) in [6, 6.07) is -5.53. The van der Waals surface area contributed by atoms with Gasteiger partial charge in [-0.25, -0.2) is 0 Å². The molecule has 0 rings (SSSR count). The lowest BCUT2D eigenvalue weighted by Crippen LogP contribution is -2.57. The van der Waals surface area contributed by atoms with Crippen LogP contribution in [-0.2, 0) is 24.0 Å². The van der Waals surface area contributed by atoms with Crippen molar-refractivity contribution in [3.8, 4) is 0 Å². The van der Waals surface area contributed by atoms with Gasteiger partial charge in [0.15, 0.2) is 5.96 Å². The summed E-state index contributed by atoms with van der Waals surface area (Å²) in [7, 11) is 0. The molecule has 0 aromatic carbocycles. The molecule has 0 saturated carbocycles. The molecular formula is C16H29N7O8. The second-order valence-electron chi connectivity index (χ2n) is 6.53. The summed E-state index contributed by atoms with van der Waals surface area (Å²) in [5.74, 6) is -5.80. The van der Waals surface area contributed by atoms with Crippen molar-refractivity contribution in [3.63, 3.8) is 0 Å². The number of aliphatic imine (C=N–C) groups is 1. The second kappa shape index (κ2) is 13.7. The Morgan fingerprint density at radius 3 is 1.97 bits per heavy atom. The molecule has 12 N–H and O–H groups in total. The largest absolute Gasteiger partial charge is 0.481 e. The first-order valence-corrected chi connectivity index (χ1v) is 9.16. The molecule has 0 spiro atoms. The van der Waals surface area contributed by atoms with E-state index in [1.54, 1.807) is 0 Å². The Kier molecular flexibility index (Phi) is 12.2. The minimum atomic E-state index is -1.62. The Morgan fingerprint density at radius 1 is 0.935 bits per heavy atom. The summed E-state index contributed by atoms with van der Waals surface area (Å²) >= 11 is 0. The minimum absolute atomic E-state index is 0.0144. The third kappa shape index (κ3) is 11.3. The van der Waals surface area contributed by atoms with Gasteiger partial charge in [0, 0.05) is 6.54 Å². The van der Waals surface area contributed by atoms with Gasteiger partial charge in [-0.3, -0.25) is 29.0 Å². The average molecular weight is 447 g/mol. The first kappa shape index (κ1) is 27.5. The van der Waals surface area contributed by atoms with Gasteiger partial charge in [0.05, 0.1) is 13.0 Å². The summed E-state index contributed by atoms with van der Waals surface area (Å²) in [5.41, 5.74) is 15.8. The number of hydrogen-bond donors (Lipinski definition) is 9. The highest BCUT2D eigenvalue weighted by Crippen LogP contribution is 2.03. The summed E-state index contributed by atoms with van der Waals surface area (Å²) in [6.07, 6.45) is -0.634. The van der Waals surface area contributed by atoms with Gasteiger partial charge in [-0.15, -0.1) is 0 Å². The van der Waals surface area contributed by atoms with Crippen molar-refractivity contribution in [2.75, 3.05) is 13.2 Å². The number of hydrogen-bond acceptors (Lipinski definition) is 8. The first-order valence-electron chi connectivity index (χ1n) is 9.16. The molecule has 15 heteroatoms. The molecule has 0 bridgehead atoms. The van der Waals surface area contributed by atoms with Crippen LogP contribution >= 0.6 is 0 Å². The predicted molar refractivity (Wildman–Crippen MR) is 106 cm³/mol. The van der Waals surface area contributed by atoms with Gasteiger partial charge in [0.1, 0.15) is 24.2 Å². The van der Waals surface area contributed by atoms with Gasteiger partial charge in [-0.05, 0) is 19.8 Å². The average Bonchev–Trinajstić information content (AvgIpc) is 2.67. The van der Waals surface area contributed by atoms with Gasteiger partial charge in [0.2, 0.25) is 17.7 Å².